The molecule has 0 saturated carbocycles. The van der Waals surface area contributed by atoms with Crippen LogP contribution in [-0.4, -0.2) is 25.1 Å². The van der Waals surface area contributed by atoms with E-state index in [9.17, 15) is 0 Å². The zero-order valence-corrected chi connectivity index (χ0v) is 10.2. The number of likely N-dealkylation sites (N-methyl/N-ethyl adjacent to an activating group) is 1. The maximum Gasteiger partial charge on any atom is 0.144 e. The van der Waals surface area contributed by atoms with Crippen LogP contribution in [0.4, 0.5) is 5.82 Å². The second-order valence-corrected chi connectivity index (χ2v) is 4.34. The third kappa shape index (κ3) is 2.75. The van der Waals surface area contributed by atoms with Gasteiger partial charge < -0.3 is 10.6 Å². The topological polar surface area (TPSA) is 60.7 Å². The molecule has 0 unspecified atom stereocenters. The van der Waals surface area contributed by atoms with Gasteiger partial charge in [0.05, 0.1) is 5.56 Å². The smallest absolute Gasteiger partial charge is 0.144 e. The van der Waals surface area contributed by atoms with Gasteiger partial charge in [0.15, 0.2) is 0 Å². The lowest BCUT2D eigenvalue weighted by atomic mass is 9.95. The van der Waals surface area contributed by atoms with Crippen molar-refractivity contribution < 1.29 is 0 Å². The number of nitriles is 1. The average molecular weight is 230 g/mol. The van der Waals surface area contributed by atoms with Crippen molar-refractivity contribution in [1.29, 1.82) is 5.26 Å². The standard InChI is InChI=1S/C13H18N4/c1-15-6-7-16-13-11(9-14)8-10-4-2-3-5-12(10)17-13/h8,15H,2-7H2,1H3,(H,16,17). The van der Waals surface area contributed by atoms with Gasteiger partial charge in [-0.1, -0.05) is 0 Å². The first-order valence-electron chi connectivity index (χ1n) is 6.16. The lowest BCUT2D eigenvalue weighted by Gasteiger charge is -2.17. The lowest BCUT2D eigenvalue weighted by molar-refractivity contribution is 0.667. The van der Waals surface area contributed by atoms with Crippen LogP contribution in [0.25, 0.3) is 0 Å². The summed E-state index contributed by atoms with van der Waals surface area (Å²) >= 11 is 0. The predicted octanol–water partition coefficient (Wildman–Crippen LogP) is 1.46. The molecule has 0 saturated heterocycles. The van der Waals surface area contributed by atoms with Crippen molar-refractivity contribution >= 4 is 5.82 Å². The summed E-state index contributed by atoms with van der Waals surface area (Å²) in [7, 11) is 1.91. The van der Waals surface area contributed by atoms with E-state index in [1.54, 1.807) is 0 Å². The van der Waals surface area contributed by atoms with Gasteiger partial charge >= 0.3 is 0 Å². The van der Waals surface area contributed by atoms with E-state index < -0.39 is 0 Å². The molecule has 4 heteroatoms. The number of aryl methyl sites for hydroxylation is 2. The molecular formula is C13H18N4. The van der Waals surface area contributed by atoms with Crippen LogP contribution in [0.1, 0.15) is 29.7 Å². The van der Waals surface area contributed by atoms with Gasteiger partial charge in [-0.2, -0.15) is 5.26 Å². The molecule has 1 aliphatic carbocycles. The van der Waals surface area contributed by atoms with Crippen molar-refractivity contribution in [3.05, 3.63) is 22.9 Å². The van der Waals surface area contributed by atoms with Crippen LogP contribution in [0.2, 0.25) is 0 Å². The van der Waals surface area contributed by atoms with E-state index in [-0.39, 0.29) is 0 Å². The van der Waals surface area contributed by atoms with Crippen LogP contribution in [0.5, 0.6) is 0 Å². The van der Waals surface area contributed by atoms with E-state index in [0.29, 0.717) is 5.56 Å². The molecule has 1 aliphatic rings. The summed E-state index contributed by atoms with van der Waals surface area (Å²) in [6.07, 6.45) is 4.53. The molecule has 1 aromatic heterocycles. The van der Waals surface area contributed by atoms with Crippen molar-refractivity contribution in [2.24, 2.45) is 0 Å². The fraction of sp³-hybridized carbons (Fsp3) is 0.538. The molecule has 1 heterocycles. The van der Waals surface area contributed by atoms with Gasteiger partial charge in [-0.3, -0.25) is 0 Å². The molecule has 0 aliphatic heterocycles. The number of rotatable bonds is 4. The third-order valence-corrected chi connectivity index (χ3v) is 3.09. The van der Waals surface area contributed by atoms with Gasteiger partial charge in [0, 0.05) is 18.8 Å². The molecule has 0 bridgehead atoms. The van der Waals surface area contributed by atoms with Gasteiger partial charge in [0.2, 0.25) is 0 Å². The molecule has 2 rings (SSSR count). The number of nitrogens with one attached hydrogen (secondary N) is 2. The summed E-state index contributed by atoms with van der Waals surface area (Å²) in [6.45, 7) is 1.65. The number of aromatic nitrogens is 1. The molecule has 2 N–H and O–H groups in total. The Morgan fingerprint density at radius 1 is 1.35 bits per heavy atom. The Morgan fingerprint density at radius 3 is 2.94 bits per heavy atom. The third-order valence-electron chi connectivity index (χ3n) is 3.09. The van der Waals surface area contributed by atoms with Crippen LogP contribution < -0.4 is 10.6 Å². The molecule has 0 radical (unpaired) electrons. The monoisotopic (exact) mass is 230 g/mol. The maximum atomic E-state index is 9.13. The van der Waals surface area contributed by atoms with E-state index >= 15 is 0 Å². The molecule has 17 heavy (non-hydrogen) atoms. The number of anilines is 1. The maximum absolute atomic E-state index is 9.13. The minimum absolute atomic E-state index is 0.668. The predicted molar refractivity (Wildman–Crippen MR) is 68.0 cm³/mol. The Balaban J connectivity index is 2.21. The SMILES string of the molecule is CNCCNc1nc2c(cc1C#N)CCCC2. The van der Waals surface area contributed by atoms with Gasteiger partial charge in [-0.15, -0.1) is 0 Å². The number of nitrogens with zero attached hydrogens (tertiary/aromatic N) is 2. The first-order valence-corrected chi connectivity index (χ1v) is 6.16. The van der Waals surface area contributed by atoms with E-state index in [1.807, 2.05) is 13.1 Å². The Hall–Kier alpha value is -1.60. The molecule has 0 atom stereocenters. The summed E-state index contributed by atoms with van der Waals surface area (Å²) in [5, 5.41) is 15.4. The van der Waals surface area contributed by atoms with Crippen molar-refractivity contribution in [3.8, 4) is 6.07 Å². The van der Waals surface area contributed by atoms with Crippen LogP contribution in [0.3, 0.4) is 0 Å². The van der Waals surface area contributed by atoms with Gasteiger partial charge in [-0.25, -0.2) is 4.98 Å². The highest BCUT2D eigenvalue weighted by Crippen LogP contribution is 2.24. The molecule has 1 aromatic rings. The average Bonchev–Trinajstić information content (AvgIpc) is 2.38. The summed E-state index contributed by atoms with van der Waals surface area (Å²) in [5.74, 6) is 0.739. The highest BCUT2D eigenvalue weighted by atomic mass is 15.0. The summed E-state index contributed by atoms with van der Waals surface area (Å²) in [5.41, 5.74) is 3.09. The number of hydrogen-bond acceptors (Lipinski definition) is 4. The summed E-state index contributed by atoms with van der Waals surface area (Å²) < 4.78 is 0. The normalized spacial score (nSPS) is 13.9. The summed E-state index contributed by atoms with van der Waals surface area (Å²) in [6, 6.07) is 4.23. The highest BCUT2D eigenvalue weighted by molar-refractivity contribution is 5.54. The molecule has 0 amide bonds. The van der Waals surface area contributed by atoms with E-state index in [1.165, 1.54) is 24.1 Å². The van der Waals surface area contributed by atoms with Crippen molar-refractivity contribution in [2.75, 3.05) is 25.5 Å². The molecule has 4 nitrogen and oxygen atoms in total. The Kier molecular flexibility index (Phi) is 3.94. The number of hydrogen-bond donors (Lipinski definition) is 2. The molecule has 0 aromatic carbocycles. The minimum Gasteiger partial charge on any atom is -0.368 e. The summed E-state index contributed by atoms with van der Waals surface area (Å²) in [4.78, 5) is 4.59. The van der Waals surface area contributed by atoms with Crippen LogP contribution >= 0.6 is 0 Å². The van der Waals surface area contributed by atoms with Gasteiger partial charge in [-0.05, 0) is 44.4 Å². The lowest BCUT2D eigenvalue weighted by Crippen LogP contribution is -2.19. The Labute approximate surface area is 102 Å². The fourth-order valence-electron chi connectivity index (χ4n) is 2.16. The Bertz CT molecular complexity index is 434. The minimum atomic E-state index is 0.668. The highest BCUT2D eigenvalue weighted by Gasteiger charge is 2.14. The first kappa shape index (κ1) is 11.9. The molecule has 90 valence electrons. The molecular weight excluding hydrogens is 212 g/mol. The first-order chi connectivity index (χ1) is 8.35. The van der Waals surface area contributed by atoms with Crippen LogP contribution in [0.15, 0.2) is 6.07 Å². The van der Waals surface area contributed by atoms with Crippen molar-refractivity contribution in [2.45, 2.75) is 25.7 Å². The second kappa shape index (κ2) is 5.65. The van der Waals surface area contributed by atoms with Crippen LogP contribution in [0, 0.1) is 11.3 Å². The molecule has 0 spiro atoms. The van der Waals surface area contributed by atoms with Crippen molar-refractivity contribution in [3.63, 3.8) is 0 Å². The number of pyridine rings is 1. The van der Waals surface area contributed by atoms with Crippen LogP contribution in [-0.2, 0) is 12.8 Å². The largest absolute Gasteiger partial charge is 0.368 e. The number of fused-ring (bicyclic) bond motifs is 1. The fourth-order valence-corrected chi connectivity index (χ4v) is 2.16. The second-order valence-electron chi connectivity index (χ2n) is 4.34. The van der Waals surface area contributed by atoms with Crippen molar-refractivity contribution in [1.82, 2.24) is 10.3 Å². The van der Waals surface area contributed by atoms with E-state index in [0.717, 1.165) is 31.7 Å². The Morgan fingerprint density at radius 2 is 2.18 bits per heavy atom. The quantitative estimate of drug-likeness (QED) is 0.769. The van der Waals surface area contributed by atoms with Gasteiger partial charge in [0.25, 0.3) is 0 Å². The van der Waals surface area contributed by atoms with E-state index in [4.69, 9.17) is 5.26 Å². The zero-order valence-electron chi connectivity index (χ0n) is 10.2. The van der Waals surface area contributed by atoms with E-state index in [2.05, 4.69) is 21.7 Å². The zero-order chi connectivity index (χ0) is 12.1. The molecule has 0 fully saturated rings. The van der Waals surface area contributed by atoms with Gasteiger partial charge in [0.1, 0.15) is 11.9 Å².